The SMILES string of the molecule is CCCN(CCCCOC)c1cccc(N)c1. The van der Waals surface area contributed by atoms with Gasteiger partial charge in [0.25, 0.3) is 0 Å². The number of nitrogens with zero attached hydrogens (tertiary/aromatic N) is 1. The maximum Gasteiger partial charge on any atom is 0.0462 e. The zero-order valence-electron chi connectivity index (χ0n) is 11.0. The molecule has 0 aromatic heterocycles. The zero-order chi connectivity index (χ0) is 12.5. The fourth-order valence-electron chi connectivity index (χ4n) is 1.91. The van der Waals surface area contributed by atoms with Gasteiger partial charge in [0.2, 0.25) is 0 Å². The van der Waals surface area contributed by atoms with Crippen molar-refractivity contribution in [1.29, 1.82) is 0 Å². The number of hydrogen-bond acceptors (Lipinski definition) is 3. The number of rotatable bonds is 8. The average molecular weight is 236 g/mol. The van der Waals surface area contributed by atoms with Gasteiger partial charge in [-0.25, -0.2) is 0 Å². The molecule has 0 fully saturated rings. The van der Waals surface area contributed by atoms with Gasteiger partial charge in [-0.3, -0.25) is 0 Å². The van der Waals surface area contributed by atoms with E-state index in [0.29, 0.717) is 0 Å². The molecule has 1 rings (SSSR count). The van der Waals surface area contributed by atoms with Crippen molar-refractivity contribution in [2.45, 2.75) is 26.2 Å². The van der Waals surface area contributed by atoms with Crippen molar-refractivity contribution in [1.82, 2.24) is 0 Å². The second kappa shape index (κ2) is 7.96. The van der Waals surface area contributed by atoms with Crippen LogP contribution in [0.1, 0.15) is 26.2 Å². The largest absolute Gasteiger partial charge is 0.399 e. The molecule has 0 saturated carbocycles. The van der Waals surface area contributed by atoms with E-state index in [-0.39, 0.29) is 0 Å². The van der Waals surface area contributed by atoms with Crippen LogP contribution >= 0.6 is 0 Å². The van der Waals surface area contributed by atoms with Gasteiger partial charge in [-0.15, -0.1) is 0 Å². The van der Waals surface area contributed by atoms with Crippen molar-refractivity contribution in [3.8, 4) is 0 Å². The van der Waals surface area contributed by atoms with Crippen LogP contribution in [0.3, 0.4) is 0 Å². The Morgan fingerprint density at radius 3 is 2.71 bits per heavy atom. The first-order valence-electron chi connectivity index (χ1n) is 6.37. The maximum absolute atomic E-state index is 5.82. The van der Waals surface area contributed by atoms with E-state index in [4.69, 9.17) is 10.5 Å². The summed E-state index contributed by atoms with van der Waals surface area (Å²) in [5, 5.41) is 0. The van der Waals surface area contributed by atoms with Crippen LogP contribution in [0.2, 0.25) is 0 Å². The first-order valence-corrected chi connectivity index (χ1v) is 6.37. The minimum absolute atomic E-state index is 0.834. The molecule has 1 aromatic carbocycles. The first kappa shape index (κ1) is 13.8. The molecule has 0 aliphatic carbocycles. The topological polar surface area (TPSA) is 38.5 Å². The number of nitrogen functional groups attached to an aromatic ring is 1. The number of hydrogen-bond donors (Lipinski definition) is 1. The minimum atomic E-state index is 0.834. The van der Waals surface area contributed by atoms with Crippen LogP contribution in [0.5, 0.6) is 0 Å². The van der Waals surface area contributed by atoms with E-state index < -0.39 is 0 Å². The smallest absolute Gasteiger partial charge is 0.0462 e. The van der Waals surface area contributed by atoms with E-state index in [2.05, 4.69) is 17.9 Å². The third kappa shape index (κ3) is 5.09. The van der Waals surface area contributed by atoms with Gasteiger partial charge in [-0.05, 0) is 37.5 Å². The van der Waals surface area contributed by atoms with Crippen LogP contribution in [0.25, 0.3) is 0 Å². The van der Waals surface area contributed by atoms with E-state index in [9.17, 15) is 0 Å². The molecule has 0 unspecified atom stereocenters. The Hall–Kier alpha value is -1.22. The summed E-state index contributed by atoms with van der Waals surface area (Å²) in [5.41, 5.74) is 7.88. The van der Waals surface area contributed by atoms with Gasteiger partial charge in [0, 0.05) is 38.2 Å². The first-order chi connectivity index (χ1) is 8.27. The summed E-state index contributed by atoms with van der Waals surface area (Å²) in [5.74, 6) is 0. The summed E-state index contributed by atoms with van der Waals surface area (Å²) >= 11 is 0. The molecule has 0 radical (unpaired) electrons. The summed E-state index contributed by atoms with van der Waals surface area (Å²) in [6.45, 7) is 5.20. The van der Waals surface area contributed by atoms with Gasteiger partial charge >= 0.3 is 0 Å². The lowest BCUT2D eigenvalue weighted by molar-refractivity contribution is 0.193. The predicted molar refractivity (Wildman–Crippen MR) is 74.5 cm³/mol. The second-order valence-electron chi connectivity index (χ2n) is 4.28. The lowest BCUT2D eigenvalue weighted by atomic mass is 10.2. The van der Waals surface area contributed by atoms with Crippen molar-refractivity contribution < 1.29 is 4.74 Å². The lowest BCUT2D eigenvalue weighted by Gasteiger charge is -2.24. The van der Waals surface area contributed by atoms with Crippen molar-refractivity contribution in [2.24, 2.45) is 0 Å². The third-order valence-electron chi connectivity index (χ3n) is 2.76. The number of benzene rings is 1. The van der Waals surface area contributed by atoms with Crippen LogP contribution in [0.15, 0.2) is 24.3 Å². The molecule has 0 saturated heterocycles. The molecule has 0 spiro atoms. The highest BCUT2D eigenvalue weighted by Gasteiger charge is 2.05. The van der Waals surface area contributed by atoms with Crippen LogP contribution in [0.4, 0.5) is 11.4 Å². The van der Waals surface area contributed by atoms with Gasteiger partial charge < -0.3 is 15.4 Å². The van der Waals surface area contributed by atoms with Crippen LogP contribution in [-0.2, 0) is 4.74 Å². The predicted octanol–water partition coefficient (Wildman–Crippen LogP) is 2.91. The zero-order valence-corrected chi connectivity index (χ0v) is 11.0. The Bertz CT molecular complexity index is 315. The second-order valence-corrected chi connectivity index (χ2v) is 4.28. The van der Waals surface area contributed by atoms with E-state index >= 15 is 0 Å². The van der Waals surface area contributed by atoms with Gasteiger partial charge in [0.1, 0.15) is 0 Å². The van der Waals surface area contributed by atoms with Crippen molar-refractivity contribution in [3.05, 3.63) is 24.3 Å². The van der Waals surface area contributed by atoms with Gasteiger partial charge in [-0.2, -0.15) is 0 Å². The molecule has 17 heavy (non-hydrogen) atoms. The fraction of sp³-hybridized carbons (Fsp3) is 0.571. The quantitative estimate of drug-likeness (QED) is 0.557. The number of methoxy groups -OCH3 is 1. The fourth-order valence-corrected chi connectivity index (χ4v) is 1.91. The van der Waals surface area contributed by atoms with E-state index in [1.54, 1.807) is 7.11 Å². The van der Waals surface area contributed by atoms with E-state index in [1.807, 2.05) is 18.2 Å². The van der Waals surface area contributed by atoms with Crippen molar-refractivity contribution >= 4 is 11.4 Å². The standard InChI is InChI=1S/C14H24N2O/c1-3-9-16(10-4-5-11-17-2)14-8-6-7-13(15)12-14/h6-8,12H,3-5,9-11,15H2,1-2H3. The lowest BCUT2D eigenvalue weighted by Crippen LogP contribution is -2.25. The minimum Gasteiger partial charge on any atom is -0.399 e. The molecule has 0 bridgehead atoms. The molecular formula is C14H24N2O. The highest BCUT2D eigenvalue weighted by atomic mass is 16.5. The van der Waals surface area contributed by atoms with E-state index in [1.165, 1.54) is 5.69 Å². The number of unbranched alkanes of at least 4 members (excludes halogenated alkanes) is 1. The number of anilines is 2. The molecule has 3 heteroatoms. The summed E-state index contributed by atoms with van der Waals surface area (Å²) < 4.78 is 5.07. The summed E-state index contributed by atoms with van der Waals surface area (Å²) in [7, 11) is 1.75. The molecule has 3 nitrogen and oxygen atoms in total. The van der Waals surface area contributed by atoms with E-state index in [0.717, 1.165) is 44.6 Å². The van der Waals surface area contributed by atoms with Crippen molar-refractivity contribution in [3.63, 3.8) is 0 Å². The Kier molecular flexibility index (Phi) is 6.48. The molecule has 0 atom stereocenters. The monoisotopic (exact) mass is 236 g/mol. The Labute approximate surface area is 105 Å². The van der Waals surface area contributed by atoms with Crippen LogP contribution in [0, 0.1) is 0 Å². The van der Waals surface area contributed by atoms with Crippen LogP contribution in [-0.4, -0.2) is 26.8 Å². The Balaban J connectivity index is 2.52. The Morgan fingerprint density at radius 2 is 2.06 bits per heavy atom. The maximum atomic E-state index is 5.82. The molecule has 0 aliphatic rings. The van der Waals surface area contributed by atoms with Gasteiger partial charge in [0.05, 0.1) is 0 Å². The highest BCUT2D eigenvalue weighted by molar-refractivity contribution is 5.55. The number of nitrogens with two attached hydrogens (primary N) is 1. The summed E-state index contributed by atoms with van der Waals surface area (Å²) in [6.07, 6.45) is 3.42. The normalized spacial score (nSPS) is 10.5. The summed E-state index contributed by atoms with van der Waals surface area (Å²) in [4.78, 5) is 2.39. The molecule has 0 heterocycles. The van der Waals surface area contributed by atoms with Crippen molar-refractivity contribution in [2.75, 3.05) is 37.4 Å². The Morgan fingerprint density at radius 1 is 1.24 bits per heavy atom. The molecular weight excluding hydrogens is 212 g/mol. The molecule has 0 aliphatic heterocycles. The van der Waals surface area contributed by atoms with Crippen LogP contribution < -0.4 is 10.6 Å². The van der Waals surface area contributed by atoms with Gasteiger partial charge in [0.15, 0.2) is 0 Å². The van der Waals surface area contributed by atoms with Gasteiger partial charge in [-0.1, -0.05) is 13.0 Å². The molecule has 1 aromatic rings. The summed E-state index contributed by atoms with van der Waals surface area (Å²) in [6, 6.07) is 8.12. The highest BCUT2D eigenvalue weighted by Crippen LogP contribution is 2.18. The number of ether oxygens (including phenoxy) is 1. The molecule has 0 amide bonds. The third-order valence-corrected chi connectivity index (χ3v) is 2.76. The average Bonchev–Trinajstić information content (AvgIpc) is 2.33. The molecule has 2 N–H and O–H groups in total. The molecule has 96 valence electrons.